The lowest BCUT2D eigenvalue weighted by molar-refractivity contribution is -0.157. The van der Waals surface area contributed by atoms with E-state index in [1.54, 1.807) is 13.8 Å². The molecular formula is C15H26N2O2S. The van der Waals surface area contributed by atoms with Crippen LogP contribution in [0.25, 0.3) is 0 Å². The molecule has 114 valence electrons. The van der Waals surface area contributed by atoms with Gasteiger partial charge in [-0.1, -0.05) is 6.92 Å². The van der Waals surface area contributed by atoms with Gasteiger partial charge in [0, 0.05) is 11.3 Å². The van der Waals surface area contributed by atoms with Crippen molar-refractivity contribution in [2.24, 2.45) is 0 Å². The number of thioether (sulfide) groups is 1. The largest absolute Gasteiger partial charge is 0.340 e. The van der Waals surface area contributed by atoms with Gasteiger partial charge in [-0.25, -0.2) is 0 Å². The highest BCUT2D eigenvalue weighted by Gasteiger charge is 2.47. The lowest BCUT2D eigenvalue weighted by Gasteiger charge is -2.47. The first-order valence-electron chi connectivity index (χ1n) is 7.58. The molecule has 1 atom stereocenters. The Morgan fingerprint density at radius 3 is 2.35 bits per heavy atom. The van der Waals surface area contributed by atoms with E-state index in [1.807, 2.05) is 23.6 Å². The number of nitrogens with one attached hydrogen (secondary N) is 1. The first-order valence-corrected chi connectivity index (χ1v) is 8.87. The van der Waals surface area contributed by atoms with Gasteiger partial charge in [0.15, 0.2) is 0 Å². The van der Waals surface area contributed by atoms with Gasteiger partial charge in [0.1, 0.15) is 11.6 Å². The Bertz CT molecular complexity index is 389. The van der Waals surface area contributed by atoms with Crippen LogP contribution in [0.15, 0.2) is 0 Å². The van der Waals surface area contributed by atoms with Crippen LogP contribution in [0.1, 0.15) is 52.9 Å². The van der Waals surface area contributed by atoms with Crippen LogP contribution in [0, 0.1) is 0 Å². The van der Waals surface area contributed by atoms with Crippen LogP contribution in [-0.2, 0) is 9.59 Å². The van der Waals surface area contributed by atoms with Gasteiger partial charge in [-0.3, -0.25) is 9.59 Å². The average molecular weight is 298 g/mol. The van der Waals surface area contributed by atoms with Crippen molar-refractivity contribution in [1.29, 1.82) is 0 Å². The second-order valence-corrected chi connectivity index (χ2v) is 7.56. The van der Waals surface area contributed by atoms with Crippen molar-refractivity contribution in [2.75, 3.05) is 6.26 Å². The van der Waals surface area contributed by atoms with Gasteiger partial charge >= 0.3 is 0 Å². The molecule has 0 spiro atoms. The van der Waals surface area contributed by atoms with E-state index in [0.717, 1.165) is 25.7 Å². The van der Waals surface area contributed by atoms with Gasteiger partial charge in [-0.2, -0.15) is 11.8 Å². The van der Waals surface area contributed by atoms with Crippen molar-refractivity contribution in [3.05, 3.63) is 0 Å². The van der Waals surface area contributed by atoms with Crippen molar-refractivity contribution in [3.63, 3.8) is 0 Å². The molecule has 2 amide bonds. The molecule has 0 bridgehead atoms. The molecular weight excluding hydrogens is 272 g/mol. The standard InChI is InChI=1S/C15H26N2O2S/c1-5-12-13(18)16-15(2,3)14(19)17(12)10-6-8-11(20-4)9-7-10/h10-12H,5-9H2,1-4H3,(H,16,18). The summed E-state index contributed by atoms with van der Waals surface area (Å²) < 4.78 is 0. The highest BCUT2D eigenvalue weighted by atomic mass is 32.2. The highest BCUT2D eigenvalue weighted by Crippen LogP contribution is 2.33. The van der Waals surface area contributed by atoms with Crippen LogP contribution in [-0.4, -0.2) is 45.8 Å². The van der Waals surface area contributed by atoms with E-state index in [1.165, 1.54) is 0 Å². The summed E-state index contributed by atoms with van der Waals surface area (Å²) in [5, 5.41) is 3.58. The molecule has 1 aliphatic heterocycles. The molecule has 0 aromatic heterocycles. The maximum Gasteiger partial charge on any atom is 0.248 e. The van der Waals surface area contributed by atoms with Crippen LogP contribution in [0.5, 0.6) is 0 Å². The molecule has 2 aliphatic rings. The van der Waals surface area contributed by atoms with E-state index in [9.17, 15) is 9.59 Å². The van der Waals surface area contributed by atoms with Crippen LogP contribution in [0.4, 0.5) is 0 Å². The third kappa shape index (κ3) is 2.83. The maximum absolute atomic E-state index is 12.7. The quantitative estimate of drug-likeness (QED) is 0.869. The fourth-order valence-electron chi connectivity index (χ4n) is 3.40. The fraction of sp³-hybridized carbons (Fsp3) is 0.867. The SMILES string of the molecule is CCC1C(=O)NC(C)(C)C(=O)N1C1CCC(SC)CC1. The number of amides is 2. The monoisotopic (exact) mass is 298 g/mol. The zero-order valence-electron chi connectivity index (χ0n) is 12.9. The van der Waals surface area contributed by atoms with Crippen molar-refractivity contribution in [1.82, 2.24) is 10.2 Å². The van der Waals surface area contributed by atoms with Crippen molar-refractivity contribution >= 4 is 23.6 Å². The van der Waals surface area contributed by atoms with Gasteiger partial charge < -0.3 is 10.2 Å². The average Bonchev–Trinajstić information content (AvgIpc) is 2.42. The Hall–Kier alpha value is -0.710. The van der Waals surface area contributed by atoms with Gasteiger partial charge in [-0.05, 0) is 52.2 Å². The molecule has 1 N–H and O–H groups in total. The van der Waals surface area contributed by atoms with Crippen LogP contribution < -0.4 is 5.32 Å². The Balaban J connectivity index is 2.17. The Kier molecular flexibility index (Phi) is 4.67. The second-order valence-electron chi connectivity index (χ2n) is 6.42. The first-order chi connectivity index (χ1) is 9.40. The predicted molar refractivity (Wildman–Crippen MR) is 82.7 cm³/mol. The number of nitrogens with zero attached hydrogens (tertiary/aromatic N) is 1. The zero-order valence-corrected chi connectivity index (χ0v) is 13.8. The molecule has 20 heavy (non-hydrogen) atoms. The molecule has 5 heteroatoms. The number of hydrogen-bond acceptors (Lipinski definition) is 3. The van der Waals surface area contributed by atoms with Crippen molar-refractivity contribution in [3.8, 4) is 0 Å². The van der Waals surface area contributed by atoms with Crippen LogP contribution >= 0.6 is 11.8 Å². The topological polar surface area (TPSA) is 49.4 Å². The highest BCUT2D eigenvalue weighted by molar-refractivity contribution is 7.99. The third-order valence-corrected chi connectivity index (χ3v) is 5.74. The fourth-order valence-corrected chi connectivity index (χ4v) is 4.14. The number of hydrogen-bond donors (Lipinski definition) is 1. The number of piperazine rings is 1. The molecule has 2 fully saturated rings. The van der Waals surface area contributed by atoms with Crippen molar-refractivity contribution < 1.29 is 9.59 Å². The Labute approximate surface area is 126 Å². The zero-order chi connectivity index (χ0) is 14.9. The molecule has 1 aliphatic carbocycles. The molecule has 0 radical (unpaired) electrons. The lowest BCUT2D eigenvalue weighted by atomic mass is 9.88. The Morgan fingerprint density at radius 2 is 1.85 bits per heavy atom. The number of carbonyl (C=O) groups excluding carboxylic acids is 2. The molecule has 1 saturated carbocycles. The van der Waals surface area contributed by atoms with E-state index in [4.69, 9.17) is 0 Å². The second kappa shape index (κ2) is 5.96. The molecule has 0 aromatic carbocycles. The summed E-state index contributed by atoms with van der Waals surface area (Å²) in [4.78, 5) is 26.9. The van der Waals surface area contributed by atoms with Crippen LogP contribution in [0.2, 0.25) is 0 Å². The summed E-state index contributed by atoms with van der Waals surface area (Å²) in [5.41, 5.74) is -0.765. The van der Waals surface area contributed by atoms with Gasteiger partial charge in [0.05, 0.1) is 0 Å². The smallest absolute Gasteiger partial charge is 0.248 e. The number of rotatable bonds is 3. The van der Waals surface area contributed by atoms with E-state index >= 15 is 0 Å². The van der Waals surface area contributed by atoms with E-state index < -0.39 is 5.54 Å². The molecule has 1 heterocycles. The maximum atomic E-state index is 12.7. The lowest BCUT2D eigenvalue weighted by Crippen LogP contribution is -2.70. The summed E-state index contributed by atoms with van der Waals surface area (Å²) in [6, 6.07) is -0.0486. The van der Waals surface area contributed by atoms with E-state index in [-0.39, 0.29) is 23.9 Å². The molecule has 2 rings (SSSR count). The summed E-state index contributed by atoms with van der Waals surface area (Å²) >= 11 is 1.92. The predicted octanol–water partition coefficient (Wildman–Crippen LogP) is 2.18. The molecule has 1 unspecified atom stereocenters. The van der Waals surface area contributed by atoms with Gasteiger partial charge in [0.2, 0.25) is 11.8 Å². The van der Waals surface area contributed by atoms with Crippen molar-refractivity contribution in [2.45, 2.75) is 75.7 Å². The third-order valence-electron chi connectivity index (χ3n) is 4.60. The van der Waals surface area contributed by atoms with E-state index in [0.29, 0.717) is 11.7 Å². The summed E-state index contributed by atoms with van der Waals surface area (Å²) in [7, 11) is 0. The molecule has 0 aromatic rings. The van der Waals surface area contributed by atoms with Crippen LogP contribution in [0.3, 0.4) is 0 Å². The molecule has 4 nitrogen and oxygen atoms in total. The summed E-state index contributed by atoms with van der Waals surface area (Å²) in [6.07, 6.45) is 7.19. The normalized spacial score (nSPS) is 34.0. The minimum Gasteiger partial charge on any atom is -0.340 e. The Morgan fingerprint density at radius 1 is 1.25 bits per heavy atom. The summed E-state index contributed by atoms with van der Waals surface area (Å²) in [6.45, 7) is 5.59. The minimum atomic E-state index is -0.765. The minimum absolute atomic E-state index is 0.00379. The van der Waals surface area contributed by atoms with Gasteiger partial charge in [0.25, 0.3) is 0 Å². The van der Waals surface area contributed by atoms with Gasteiger partial charge in [-0.15, -0.1) is 0 Å². The molecule has 1 saturated heterocycles. The summed E-state index contributed by atoms with van der Waals surface area (Å²) in [5.74, 6) is 0.0839. The van der Waals surface area contributed by atoms with E-state index in [2.05, 4.69) is 11.6 Å². The number of carbonyl (C=O) groups is 2. The first kappa shape index (κ1) is 15.7.